The van der Waals surface area contributed by atoms with Crippen LogP contribution >= 0.6 is 0 Å². The first kappa shape index (κ1) is 17.4. The molecule has 1 unspecified atom stereocenters. The van der Waals surface area contributed by atoms with Crippen LogP contribution in [0.5, 0.6) is 0 Å². The second kappa shape index (κ2) is 9.28. The molecular weight excluding hydrogens is 256 g/mol. The van der Waals surface area contributed by atoms with Crippen LogP contribution in [0.25, 0.3) is 0 Å². The molecule has 0 bridgehead atoms. The van der Waals surface area contributed by atoms with Gasteiger partial charge in [0.25, 0.3) is 0 Å². The third kappa shape index (κ3) is 7.19. The van der Waals surface area contributed by atoms with E-state index in [1.165, 1.54) is 0 Å². The van der Waals surface area contributed by atoms with Gasteiger partial charge in [-0.1, -0.05) is 0 Å². The first-order valence-corrected chi connectivity index (χ1v) is 7.55. The van der Waals surface area contributed by atoms with E-state index in [1.54, 1.807) is 0 Å². The van der Waals surface area contributed by atoms with E-state index in [0.717, 1.165) is 32.7 Å². The number of aliphatic hydroxyl groups is 1. The van der Waals surface area contributed by atoms with Gasteiger partial charge in [-0.05, 0) is 21.0 Å². The quantitative estimate of drug-likeness (QED) is 0.603. The summed E-state index contributed by atoms with van der Waals surface area (Å²) in [5.74, 6) is 0.0768. The fraction of sp³-hybridized carbons (Fsp3) is 0.929. The molecular formula is C14H30N4O2. The number of carbonyl (C=O) groups is 1. The summed E-state index contributed by atoms with van der Waals surface area (Å²) in [6.45, 7) is 8.80. The van der Waals surface area contributed by atoms with Crippen molar-refractivity contribution in [2.45, 2.75) is 19.4 Å². The lowest BCUT2D eigenvalue weighted by Gasteiger charge is -2.34. The minimum Gasteiger partial charge on any atom is -0.390 e. The molecule has 0 aromatic carbocycles. The maximum absolute atomic E-state index is 11.4. The number of nitrogens with zero attached hydrogens (tertiary/aromatic N) is 3. The van der Waals surface area contributed by atoms with E-state index < -0.39 is 0 Å². The van der Waals surface area contributed by atoms with E-state index in [0.29, 0.717) is 26.1 Å². The number of nitrogens with one attached hydrogen (secondary N) is 1. The van der Waals surface area contributed by atoms with Crippen LogP contribution in [0.1, 0.15) is 13.3 Å². The van der Waals surface area contributed by atoms with Crippen LogP contribution in [0.4, 0.5) is 0 Å². The first-order valence-electron chi connectivity index (χ1n) is 7.55. The van der Waals surface area contributed by atoms with Crippen molar-refractivity contribution in [2.75, 3.05) is 66.5 Å². The molecule has 118 valence electrons. The van der Waals surface area contributed by atoms with Crippen molar-refractivity contribution in [3.8, 4) is 0 Å². The Labute approximate surface area is 122 Å². The van der Waals surface area contributed by atoms with Crippen LogP contribution in [0.2, 0.25) is 0 Å². The molecule has 0 radical (unpaired) electrons. The van der Waals surface area contributed by atoms with Crippen LogP contribution in [0, 0.1) is 0 Å². The van der Waals surface area contributed by atoms with E-state index >= 15 is 0 Å². The number of piperazine rings is 1. The summed E-state index contributed by atoms with van der Waals surface area (Å²) in [6.07, 6.45) is 0.142. The molecule has 0 aromatic heterocycles. The Kier molecular flexibility index (Phi) is 8.06. The van der Waals surface area contributed by atoms with Crippen molar-refractivity contribution < 1.29 is 9.90 Å². The van der Waals surface area contributed by atoms with E-state index in [9.17, 15) is 9.90 Å². The predicted octanol–water partition coefficient (Wildman–Crippen LogP) is -0.947. The highest BCUT2D eigenvalue weighted by molar-refractivity contribution is 5.75. The van der Waals surface area contributed by atoms with Crippen molar-refractivity contribution in [3.05, 3.63) is 0 Å². The molecule has 1 amide bonds. The first-order chi connectivity index (χ1) is 9.51. The lowest BCUT2D eigenvalue weighted by molar-refractivity contribution is -0.121. The Morgan fingerprint density at radius 1 is 1.35 bits per heavy atom. The second-order valence-electron chi connectivity index (χ2n) is 5.72. The van der Waals surface area contributed by atoms with Crippen molar-refractivity contribution in [1.29, 1.82) is 0 Å². The lowest BCUT2D eigenvalue weighted by Crippen LogP contribution is -2.48. The minimum atomic E-state index is -0.349. The Bertz CT molecular complexity index is 280. The van der Waals surface area contributed by atoms with Gasteiger partial charge in [-0.15, -0.1) is 0 Å². The highest BCUT2D eigenvalue weighted by Gasteiger charge is 2.18. The standard InChI is InChI=1S/C14H30N4O2/c1-4-15-14(20)5-6-17(3)11-13(19)12-18-9-7-16(2)8-10-18/h13,19H,4-12H2,1-3H3,(H,15,20). The molecule has 0 aromatic rings. The summed E-state index contributed by atoms with van der Waals surface area (Å²) in [6, 6.07) is 0. The summed E-state index contributed by atoms with van der Waals surface area (Å²) >= 11 is 0. The van der Waals surface area contributed by atoms with E-state index in [-0.39, 0.29) is 12.0 Å². The van der Waals surface area contributed by atoms with Crippen molar-refractivity contribution in [1.82, 2.24) is 20.0 Å². The smallest absolute Gasteiger partial charge is 0.221 e. The monoisotopic (exact) mass is 286 g/mol. The molecule has 0 saturated carbocycles. The lowest BCUT2D eigenvalue weighted by atomic mass is 10.2. The third-order valence-electron chi connectivity index (χ3n) is 3.68. The number of hydrogen-bond donors (Lipinski definition) is 2. The summed E-state index contributed by atoms with van der Waals surface area (Å²) in [7, 11) is 4.08. The number of amides is 1. The normalized spacial score (nSPS) is 19.2. The summed E-state index contributed by atoms with van der Waals surface area (Å²) < 4.78 is 0. The Morgan fingerprint density at radius 3 is 2.60 bits per heavy atom. The molecule has 1 aliphatic rings. The zero-order valence-electron chi connectivity index (χ0n) is 13.1. The fourth-order valence-electron chi connectivity index (χ4n) is 2.42. The Morgan fingerprint density at radius 2 is 2.00 bits per heavy atom. The highest BCUT2D eigenvalue weighted by atomic mass is 16.3. The predicted molar refractivity (Wildman–Crippen MR) is 80.7 cm³/mol. The van der Waals surface area contributed by atoms with Crippen LogP contribution < -0.4 is 5.32 Å². The van der Waals surface area contributed by atoms with Gasteiger partial charge in [-0.3, -0.25) is 9.69 Å². The molecule has 6 heteroatoms. The molecule has 1 atom stereocenters. The van der Waals surface area contributed by atoms with Gasteiger partial charge in [0.05, 0.1) is 6.10 Å². The maximum Gasteiger partial charge on any atom is 0.221 e. The van der Waals surface area contributed by atoms with Gasteiger partial charge in [-0.2, -0.15) is 0 Å². The third-order valence-corrected chi connectivity index (χ3v) is 3.68. The minimum absolute atomic E-state index is 0.0768. The number of carbonyl (C=O) groups excluding carboxylic acids is 1. The number of hydrogen-bond acceptors (Lipinski definition) is 5. The van der Waals surface area contributed by atoms with Crippen LogP contribution in [0.15, 0.2) is 0 Å². The van der Waals surface area contributed by atoms with Crippen molar-refractivity contribution in [3.63, 3.8) is 0 Å². The number of rotatable bonds is 8. The zero-order valence-corrected chi connectivity index (χ0v) is 13.1. The molecule has 0 aliphatic carbocycles. The van der Waals surface area contributed by atoms with E-state index in [1.807, 2.05) is 18.9 Å². The van der Waals surface area contributed by atoms with Crippen molar-refractivity contribution in [2.24, 2.45) is 0 Å². The van der Waals surface area contributed by atoms with Gasteiger partial charge in [0.15, 0.2) is 0 Å². The molecule has 1 heterocycles. The maximum atomic E-state index is 11.4. The Balaban J connectivity index is 2.14. The fourth-order valence-corrected chi connectivity index (χ4v) is 2.42. The second-order valence-corrected chi connectivity index (χ2v) is 5.72. The van der Waals surface area contributed by atoms with Gasteiger partial charge in [-0.25, -0.2) is 0 Å². The van der Waals surface area contributed by atoms with Gasteiger partial charge >= 0.3 is 0 Å². The highest BCUT2D eigenvalue weighted by Crippen LogP contribution is 2.01. The number of aliphatic hydroxyl groups excluding tert-OH is 1. The van der Waals surface area contributed by atoms with E-state index in [4.69, 9.17) is 0 Å². The molecule has 20 heavy (non-hydrogen) atoms. The summed E-state index contributed by atoms with van der Waals surface area (Å²) in [5, 5.41) is 12.9. The topological polar surface area (TPSA) is 59.1 Å². The summed E-state index contributed by atoms with van der Waals surface area (Å²) in [4.78, 5) is 18.0. The van der Waals surface area contributed by atoms with E-state index in [2.05, 4.69) is 22.2 Å². The van der Waals surface area contributed by atoms with Crippen LogP contribution in [0.3, 0.4) is 0 Å². The largest absolute Gasteiger partial charge is 0.390 e. The summed E-state index contributed by atoms with van der Waals surface area (Å²) in [5.41, 5.74) is 0. The van der Waals surface area contributed by atoms with Crippen LogP contribution in [-0.2, 0) is 4.79 Å². The molecule has 2 N–H and O–H groups in total. The van der Waals surface area contributed by atoms with Crippen LogP contribution in [-0.4, -0.2) is 98.3 Å². The zero-order chi connectivity index (χ0) is 15.0. The number of β-amino-alcohol motifs (C(OH)–C–C–N with tert-alkyl or cyclic N) is 1. The Hall–Kier alpha value is -0.690. The molecule has 1 saturated heterocycles. The molecule has 1 fully saturated rings. The average Bonchev–Trinajstić information content (AvgIpc) is 2.39. The number of likely N-dealkylation sites (N-methyl/N-ethyl adjacent to an activating group) is 2. The van der Waals surface area contributed by atoms with Gasteiger partial charge in [0.2, 0.25) is 5.91 Å². The molecule has 1 aliphatic heterocycles. The van der Waals surface area contributed by atoms with Gasteiger partial charge < -0.3 is 20.2 Å². The van der Waals surface area contributed by atoms with Gasteiger partial charge in [0.1, 0.15) is 0 Å². The SMILES string of the molecule is CCNC(=O)CCN(C)CC(O)CN1CCN(C)CC1. The molecule has 1 rings (SSSR count). The average molecular weight is 286 g/mol. The van der Waals surface area contributed by atoms with Gasteiger partial charge in [0, 0.05) is 58.8 Å². The molecule has 6 nitrogen and oxygen atoms in total. The van der Waals surface area contributed by atoms with Crippen molar-refractivity contribution >= 4 is 5.91 Å². The molecule has 0 spiro atoms.